The zero-order valence-electron chi connectivity index (χ0n) is 8.34. The van der Waals surface area contributed by atoms with Gasteiger partial charge in [0.2, 0.25) is 11.9 Å². The number of carbonyl (C=O) groups is 1. The van der Waals surface area contributed by atoms with Crippen LogP contribution in [-0.2, 0) is 4.79 Å². The lowest BCUT2D eigenvalue weighted by Crippen LogP contribution is -2.27. The molecule has 0 radical (unpaired) electrons. The molecule has 1 atom stereocenters. The average molecular weight is 208 g/mol. The fourth-order valence-corrected chi connectivity index (χ4v) is 1.58. The van der Waals surface area contributed by atoms with Gasteiger partial charge < -0.3 is 10.8 Å². The number of anilines is 2. The second-order valence-corrected chi connectivity index (χ2v) is 3.60. The third kappa shape index (κ3) is 1.89. The molecule has 80 valence electrons. The molecule has 1 aromatic heterocycles. The molecule has 3 N–H and O–H groups in total. The van der Waals surface area contributed by atoms with E-state index in [0.29, 0.717) is 11.5 Å². The normalized spacial score (nSPS) is 21.1. The number of hydrogen-bond donors (Lipinski definition) is 2. The van der Waals surface area contributed by atoms with Gasteiger partial charge in [0.25, 0.3) is 0 Å². The number of nitrogen functional groups attached to an aromatic ring is 1. The van der Waals surface area contributed by atoms with Crippen LogP contribution in [0.3, 0.4) is 0 Å². The van der Waals surface area contributed by atoms with Gasteiger partial charge in [-0.05, 0) is 6.92 Å². The van der Waals surface area contributed by atoms with Gasteiger partial charge in [0.05, 0.1) is 19.1 Å². The maximum absolute atomic E-state index is 11.5. The summed E-state index contributed by atoms with van der Waals surface area (Å²) in [6.07, 6.45) is -0.514. The first kappa shape index (κ1) is 9.85. The van der Waals surface area contributed by atoms with Crippen molar-refractivity contribution in [3.63, 3.8) is 0 Å². The predicted octanol–water partition coefficient (Wildman–Crippen LogP) is -0.535. The molecule has 0 bridgehead atoms. The van der Waals surface area contributed by atoms with Crippen molar-refractivity contribution >= 4 is 17.7 Å². The first-order valence-electron chi connectivity index (χ1n) is 4.66. The molecular formula is C9H12N4O2. The van der Waals surface area contributed by atoms with Crippen molar-refractivity contribution in [2.24, 2.45) is 0 Å². The Morgan fingerprint density at radius 2 is 2.33 bits per heavy atom. The molecule has 1 saturated heterocycles. The molecule has 1 aliphatic heterocycles. The van der Waals surface area contributed by atoms with E-state index in [1.54, 1.807) is 13.0 Å². The van der Waals surface area contributed by atoms with Gasteiger partial charge in [-0.3, -0.25) is 9.69 Å². The van der Waals surface area contributed by atoms with E-state index in [9.17, 15) is 9.90 Å². The lowest BCUT2D eigenvalue weighted by atomic mass is 10.3. The number of aryl methyl sites for hydroxylation is 1. The van der Waals surface area contributed by atoms with Crippen molar-refractivity contribution in [2.75, 3.05) is 17.2 Å². The first-order valence-corrected chi connectivity index (χ1v) is 4.66. The minimum absolute atomic E-state index is 0.122. The average Bonchev–Trinajstić information content (AvgIpc) is 2.43. The van der Waals surface area contributed by atoms with Crippen LogP contribution in [0.2, 0.25) is 0 Å². The molecular weight excluding hydrogens is 196 g/mol. The van der Waals surface area contributed by atoms with Gasteiger partial charge in [0, 0.05) is 11.8 Å². The lowest BCUT2D eigenvalue weighted by molar-refractivity contribution is -0.117. The minimum atomic E-state index is -0.636. The number of β-amino-alcohol motifs (C(OH)–C–C–N with tert-alkyl or cyclic N) is 1. The summed E-state index contributed by atoms with van der Waals surface area (Å²) in [6.45, 7) is 2.01. The second-order valence-electron chi connectivity index (χ2n) is 3.60. The summed E-state index contributed by atoms with van der Waals surface area (Å²) in [7, 11) is 0. The monoisotopic (exact) mass is 208 g/mol. The van der Waals surface area contributed by atoms with E-state index in [-0.39, 0.29) is 24.8 Å². The van der Waals surface area contributed by atoms with Gasteiger partial charge in [-0.1, -0.05) is 0 Å². The van der Waals surface area contributed by atoms with Crippen molar-refractivity contribution < 1.29 is 9.90 Å². The van der Waals surface area contributed by atoms with E-state index < -0.39 is 6.10 Å². The molecule has 6 nitrogen and oxygen atoms in total. The number of amides is 1. The smallest absolute Gasteiger partial charge is 0.234 e. The molecule has 0 saturated carbocycles. The third-order valence-electron chi connectivity index (χ3n) is 2.21. The van der Waals surface area contributed by atoms with Crippen LogP contribution >= 0.6 is 0 Å². The van der Waals surface area contributed by atoms with Gasteiger partial charge in [-0.2, -0.15) is 4.98 Å². The highest BCUT2D eigenvalue weighted by atomic mass is 16.3. The van der Waals surface area contributed by atoms with Gasteiger partial charge >= 0.3 is 0 Å². The topological polar surface area (TPSA) is 92.3 Å². The summed E-state index contributed by atoms with van der Waals surface area (Å²) in [4.78, 5) is 20.9. The van der Waals surface area contributed by atoms with E-state index in [1.807, 2.05) is 0 Å². The Bertz CT molecular complexity index is 387. The Morgan fingerprint density at radius 3 is 2.87 bits per heavy atom. The number of nitrogens with zero attached hydrogens (tertiary/aromatic N) is 3. The molecule has 1 unspecified atom stereocenters. The highest BCUT2D eigenvalue weighted by molar-refractivity contribution is 5.94. The van der Waals surface area contributed by atoms with E-state index in [0.717, 1.165) is 0 Å². The number of aliphatic hydroxyl groups excluding tert-OH is 1. The number of aromatic nitrogens is 2. The maximum Gasteiger partial charge on any atom is 0.234 e. The molecule has 6 heteroatoms. The highest BCUT2D eigenvalue weighted by Gasteiger charge is 2.30. The van der Waals surface area contributed by atoms with Crippen LogP contribution < -0.4 is 10.6 Å². The standard InChI is InChI=1S/C9H12N4O2/c1-5-2-7(10)12-9(11-5)13-4-6(14)3-8(13)15/h2,6,14H,3-4H2,1H3,(H2,10,11,12). The SMILES string of the molecule is Cc1cc(N)nc(N2CC(O)CC2=O)n1. The van der Waals surface area contributed by atoms with Crippen molar-refractivity contribution in [1.82, 2.24) is 9.97 Å². The number of rotatable bonds is 1. The van der Waals surface area contributed by atoms with E-state index in [1.165, 1.54) is 4.90 Å². The Labute approximate surface area is 86.7 Å². The Balaban J connectivity index is 2.33. The molecule has 15 heavy (non-hydrogen) atoms. The number of nitrogens with two attached hydrogens (primary N) is 1. The summed E-state index contributed by atoms with van der Waals surface area (Å²) in [5.74, 6) is 0.424. The second kappa shape index (κ2) is 3.47. The molecule has 0 aliphatic carbocycles. The van der Waals surface area contributed by atoms with Crippen molar-refractivity contribution in [1.29, 1.82) is 0 Å². The summed E-state index contributed by atoms with van der Waals surface area (Å²) in [5, 5.41) is 9.32. The molecule has 1 amide bonds. The fraction of sp³-hybridized carbons (Fsp3) is 0.444. The van der Waals surface area contributed by atoms with Crippen LogP contribution in [0.4, 0.5) is 11.8 Å². The van der Waals surface area contributed by atoms with Crippen molar-refractivity contribution in [3.05, 3.63) is 11.8 Å². The van der Waals surface area contributed by atoms with Gasteiger partial charge in [-0.25, -0.2) is 4.98 Å². The molecule has 0 aromatic carbocycles. The summed E-state index contributed by atoms with van der Waals surface area (Å²) in [5.41, 5.74) is 6.26. The molecule has 1 fully saturated rings. The number of hydrogen-bond acceptors (Lipinski definition) is 5. The Kier molecular flexibility index (Phi) is 2.28. The predicted molar refractivity (Wildman–Crippen MR) is 54.2 cm³/mol. The quantitative estimate of drug-likeness (QED) is 0.647. The van der Waals surface area contributed by atoms with Gasteiger partial charge in [0.1, 0.15) is 5.82 Å². The zero-order valence-corrected chi connectivity index (χ0v) is 8.34. The summed E-state index contributed by atoms with van der Waals surface area (Å²) >= 11 is 0. The van der Waals surface area contributed by atoms with Crippen LogP contribution in [0.25, 0.3) is 0 Å². The van der Waals surface area contributed by atoms with Crippen LogP contribution in [0.15, 0.2) is 6.07 Å². The molecule has 1 aliphatic rings. The fourth-order valence-electron chi connectivity index (χ4n) is 1.58. The molecule has 2 rings (SSSR count). The first-order chi connectivity index (χ1) is 7.06. The molecule has 0 spiro atoms. The van der Waals surface area contributed by atoms with Crippen LogP contribution in [0.1, 0.15) is 12.1 Å². The number of carbonyl (C=O) groups excluding carboxylic acids is 1. The number of aliphatic hydroxyl groups is 1. The molecule has 2 heterocycles. The summed E-state index contributed by atoms with van der Waals surface area (Å²) in [6, 6.07) is 1.63. The third-order valence-corrected chi connectivity index (χ3v) is 2.21. The van der Waals surface area contributed by atoms with Gasteiger partial charge in [0.15, 0.2) is 0 Å². The summed E-state index contributed by atoms with van der Waals surface area (Å²) < 4.78 is 0. The molecule has 1 aromatic rings. The van der Waals surface area contributed by atoms with Gasteiger partial charge in [-0.15, -0.1) is 0 Å². The van der Waals surface area contributed by atoms with Crippen LogP contribution in [-0.4, -0.2) is 33.6 Å². The van der Waals surface area contributed by atoms with E-state index >= 15 is 0 Å². The minimum Gasteiger partial charge on any atom is -0.391 e. The Hall–Kier alpha value is -1.69. The maximum atomic E-state index is 11.5. The zero-order chi connectivity index (χ0) is 11.0. The van der Waals surface area contributed by atoms with E-state index in [2.05, 4.69) is 9.97 Å². The van der Waals surface area contributed by atoms with Crippen molar-refractivity contribution in [2.45, 2.75) is 19.4 Å². The highest BCUT2D eigenvalue weighted by Crippen LogP contribution is 2.18. The Morgan fingerprint density at radius 1 is 1.60 bits per heavy atom. The van der Waals surface area contributed by atoms with Crippen LogP contribution in [0.5, 0.6) is 0 Å². The lowest BCUT2D eigenvalue weighted by Gasteiger charge is -2.13. The van der Waals surface area contributed by atoms with E-state index in [4.69, 9.17) is 5.73 Å². The largest absolute Gasteiger partial charge is 0.391 e. The van der Waals surface area contributed by atoms with Crippen LogP contribution in [0, 0.1) is 6.92 Å². The van der Waals surface area contributed by atoms with Crippen molar-refractivity contribution in [3.8, 4) is 0 Å².